The highest BCUT2D eigenvalue weighted by Crippen LogP contribution is 2.22. The number of halogens is 1. The molecule has 1 unspecified atom stereocenters. The molecule has 1 aromatic heterocycles. The van der Waals surface area contributed by atoms with Crippen molar-refractivity contribution in [2.24, 2.45) is 7.05 Å². The number of ether oxygens (including phenoxy) is 1. The molecule has 1 aromatic carbocycles. The van der Waals surface area contributed by atoms with E-state index in [2.05, 4.69) is 10.3 Å². The molecule has 0 saturated carbocycles. The van der Waals surface area contributed by atoms with Crippen LogP contribution in [0.3, 0.4) is 0 Å². The number of benzene rings is 1. The van der Waals surface area contributed by atoms with Crippen molar-refractivity contribution in [1.82, 2.24) is 14.9 Å². The highest BCUT2D eigenvalue weighted by atomic mass is 19.1. The van der Waals surface area contributed by atoms with Gasteiger partial charge in [-0.1, -0.05) is 13.0 Å². The van der Waals surface area contributed by atoms with Gasteiger partial charge in [-0.05, 0) is 31.2 Å². The smallest absolute Gasteiger partial charge is 0.165 e. The minimum atomic E-state index is -0.346. The maximum atomic E-state index is 14.0. The summed E-state index contributed by atoms with van der Waals surface area (Å²) in [6, 6.07) is 5.19. The zero-order valence-corrected chi connectivity index (χ0v) is 12.1. The lowest BCUT2D eigenvalue weighted by Crippen LogP contribution is -2.17. The van der Waals surface area contributed by atoms with E-state index < -0.39 is 0 Å². The Labute approximate surface area is 118 Å². The average molecular weight is 277 g/mol. The van der Waals surface area contributed by atoms with E-state index in [1.165, 1.54) is 6.07 Å². The van der Waals surface area contributed by atoms with Crippen LogP contribution in [0.25, 0.3) is 0 Å². The highest BCUT2D eigenvalue weighted by Gasteiger charge is 2.10. The Bertz CT molecular complexity index is 568. The molecule has 1 heterocycles. The maximum Gasteiger partial charge on any atom is 0.165 e. The van der Waals surface area contributed by atoms with E-state index in [0.29, 0.717) is 0 Å². The molecule has 0 radical (unpaired) electrons. The van der Waals surface area contributed by atoms with Crippen LogP contribution in [0, 0.1) is 5.82 Å². The lowest BCUT2D eigenvalue weighted by Gasteiger charge is -2.14. The summed E-state index contributed by atoms with van der Waals surface area (Å²) in [5.41, 5.74) is 0.911. The fourth-order valence-electron chi connectivity index (χ4n) is 2.01. The number of rotatable bonds is 6. The van der Waals surface area contributed by atoms with Crippen LogP contribution in [0.1, 0.15) is 31.3 Å². The van der Waals surface area contributed by atoms with Gasteiger partial charge in [0.1, 0.15) is 12.4 Å². The maximum absolute atomic E-state index is 14.0. The van der Waals surface area contributed by atoms with Crippen molar-refractivity contribution in [1.29, 1.82) is 0 Å². The van der Waals surface area contributed by atoms with E-state index in [4.69, 9.17) is 4.74 Å². The second-order valence-corrected chi connectivity index (χ2v) is 4.71. The molecule has 0 aliphatic heterocycles. The van der Waals surface area contributed by atoms with E-state index in [-0.39, 0.29) is 24.2 Å². The molecule has 0 amide bonds. The van der Waals surface area contributed by atoms with Gasteiger partial charge in [0.2, 0.25) is 0 Å². The number of nitrogens with one attached hydrogen (secondary N) is 1. The second-order valence-electron chi connectivity index (χ2n) is 4.71. The summed E-state index contributed by atoms with van der Waals surface area (Å²) in [4.78, 5) is 4.14. The van der Waals surface area contributed by atoms with Gasteiger partial charge < -0.3 is 14.6 Å². The molecular formula is C15H20FN3O. The van der Waals surface area contributed by atoms with Gasteiger partial charge in [0.05, 0.1) is 0 Å². The summed E-state index contributed by atoms with van der Waals surface area (Å²) >= 11 is 0. The zero-order chi connectivity index (χ0) is 14.5. The molecule has 0 fully saturated rings. The number of hydrogen-bond acceptors (Lipinski definition) is 3. The summed E-state index contributed by atoms with van der Waals surface area (Å²) in [6.45, 7) is 5.13. The normalized spacial score (nSPS) is 12.4. The predicted molar refractivity (Wildman–Crippen MR) is 76.0 cm³/mol. The summed E-state index contributed by atoms with van der Waals surface area (Å²) < 4.78 is 21.3. The predicted octanol–water partition coefficient (Wildman–Crippen LogP) is 2.81. The van der Waals surface area contributed by atoms with Gasteiger partial charge in [-0.2, -0.15) is 0 Å². The fraction of sp³-hybridized carbons (Fsp3) is 0.400. The van der Waals surface area contributed by atoms with E-state index in [1.807, 2.05) is 37.7 Å². The molecule has 4 nitrogen and oxygen atoms in total. The van der Waals surface area contributed by atoms with Crippen LogP contribution < -0.4 is 10.1 Å². The van der Waals surface area contributed by atoms with Crippen LogP contribution in [0.2, 0.25) is 0 Å². The van der Waals surface area contributed by atoms with E-state index in [0.717, 1.165) is 17.9 Å². The summed E-state index contributed by atoms with van der Waals surface area (Å²) in [5.74, 6) is 0.663. The Morgan fingerprint density at radius 3 is 2.85 bits per heavy atom. The molecule has 2 rings (SSSR count). The minimum absolute atomic E-state index is 0.123. The van der Waals surface area contributed by atoms with Crippen molar-refractivity contribution in [3.05, 3.63) is 47.8 Å². The zero-order valence-electron chi connectivity index (χ0n) is 12.1. The first-order valence-electron chi connectivity index (χ1n) is 6.73. The van der Waals surface area contributed by atoms with Gasteiger partial charge in [0.15, 0.2) is 11.6 Å². The van der Waals surface area contributed by atoms with Crippen molar-refractivity contribution in [2.45, 2.75) is 26.5 Å². The Morgan fingerprint density at radius 1 is 1.45 bits per heavy atom. The first-order chi connectivity index (χ1) is 9.61. The molecule has 0 spiro atoms. The Kier molecular flexibility index (Phi) is 4.74. The van der Waals surface area contributed by atoms with Crippen LogP contribution in [-0.2, 0) is 13.7 Å². The number of aryl methyl sites for hydroxylation is 1. The van der Waals surface area contributed by atoms with Crippen LogP contribution in [0.5, 0.6) is 5.75 Å². The average Bonchev–Trinajstić information content (AvgIpc) is 2.83. The first kappa shape index (κ1) is 14.5. The van der Waals surface area contributed by atoms with Crippen LogP contribution >= 0.6 is 0 Å². The van der Waals surface area contributed by atoms with Gasteiger partial charge >= 0.3 is 0 Å². The first-order valence-corrected chi connectivity index (χ1v) is 6.73. The van der Waals surface area contributed by atoms with Crippen molar-refractivity contribution < 1.29 is 9.13 Å². The van der Waals surface area contributed by atoms with Gasteiger partial charge in [0, 0.05) is 25.5 Å². The standard InChI is InChI=1S/C15H20FN3O/c1-4-17-11(2)12-5-6-14(13(16)9-12)20-10-15-18-7-8-19(15)3/h5-9,11,17H,4,10H2,1-3H3. The summed E-state index contributed by atoms with van der Waals surface area (Å²) in [5, 5.41) is 3.25. The van der Waals surface area contributed by atoms with Crippen molar-refractivity contribution >= 4 is 0 Å². The molecular weight excluding hydrogens is 257 g/mol. The Hall–Kier alpha value is -1.88. The van der Waals surface area contributed by atoms with E-state index >= 15 is 0 Å². The van der Waals surface area contributed by atoms with Crippen molar-refractivity contribution in [3.8, 4) is 5.75 Å². The molecule has 1 atom stereocenters. The third-order valence-corrected chi connectivity index (χ3v) is 3.24. The quantitative estimate of drug-likeness (QED) is 0.882. The molecule has 5 heteroatoms. The molecule has 1 N–H and O–H groups in total. The van der Waals surface area contributed by atoms with Crippen molar-refractivity contribution in [2.75, 3.05) is 6.54 Å². The van der Waals surface area contributed by atoms with E-state index in [9.17, 15) is 4.39 Å². The third-order valence-electron chi connectivity index (χ3n) is 3.24. The molecule has 0 aliphatic carbocycles. The number of aromatic nitrogens is 2. The number of nitrogens with zero attached hydrogens (tertiary/aromatic N) is 2. The van der Waals surface area contributed by atoms with Gasteiger partial charge in [0.25, 0.3) is 0 Å². The van der Waals surface area contributed by atoms with Crippen molar-refractivity contribution in [3.63, 3.8) is 0 Å². The second kappa shape index (κ2) is 6.52. The fourth-order valence-corrected chi connectivity index (χ4v) is 2.01. The summed E-state index contributed by atoms with van der Waals surface area (Å²) in [6.07, 6.45) is 3.52. The van der Waals surface area contributed by atoms with Gasteiger partial charge in [-0.15, -0.1) is 0 Å². The monoisotopic (exact) mass is 277 g/mol. The highest BCUT2D eigenvalue weighted by molar-refractivity contribution is 5.31. The van der Waals surface area contributed by atoms with Crippen LogP contribution in [0.4, 0.5) is 4.39 Å². The molecule has 0 bridgehead atoms. The lowest BCUT2D eigenvalue weighted by molar-refractivity contribution is 0.277. The molecule has 20 heavy (non-hydrogen) atoms. The third kappa shape index (κ3) is 3.36. The lowest BCUT2D eigenvalue weighted by atomic mass is 10.1. The van der Waals surface area contributed by atoms with E-state index in [1.54, 1.807) is 12.3 Å². The topological polar surface area (TPSA) is 39.1 Å². The number of imidazole rings is 1. The molecule has 2 aromatic rings. The summed E-state index contributed by atoms with van der Waals surface area (Å²) in [7, 11) is 1.88. The number of hydrogen-bond donors (Lipinski definition) is 1. The van der Waals surface area contributed by atoms with Gasteiger partial charge in [-0.25, -0.2) is 9.37 Å². The van der Waals surface area contributed by atoms with Gasteiger partial charge in [-0.3, -0.25) is 0 Å². The molecule has 0 aliphatic rings. The Balaban J connectivity index is 2.04. The van der Waals surface area contributed by atoms with Crippen LogP contribution in [-0.4, -0.2) is 16.1 Å². The SMILES string of the molecule is CCNC(C)c1ccc(OCc2nccn2C)c(F)c1. The largest absolute Gasteiger partial charge is 0.483 e. The molecule has 108 valence electrons. The Morgan fingerprint density at radius 2 is 2.25 bits per heavy atom. The molecule has 0 saturated heterocycles. The van der Waals surface area contributed by atoms with Crippen LogP contribution in [0.15, 0.2) is 30.6 Å². The minimum Gasteiger partial charge on any atom is -0.483 e.